The molecule has 0 bridgehead atoms. The molecule has 1 amide bonds. The van der Waals surface area contributed by atoms with Crippen LogP contribution in [0.4, 0.5) is 5.69 Å². The molecule has 2 rings (SSSR count). The Labute approximate surface area is 154 Å². The number of halogens is 1. The van der Waals surface area contributed by atoms with E-state index in [2.05, 4.69) is 5.32 Å². The average Bonchev–Trinajstić information content (AvgIpc) is 2.58. The Bertz CT molecular complexity index is 665. The van der Waals surface area contributed by atoms with Gasteiger partial charge in [-0.1, -0.05) is 30.3 Å². The molecule has 0 spiro atoms. The van der Waals surface area contributed by atoms with Crippen molar-refractivity contribution >= 4 is 24.0 Å². The summed E-state index contributed by atoms with van der Waals surface area (Å²) in [5.74, 6) is 0.644. The third-order valence-electron chi connectivity index (χ3n) is 3.66. The third-order valence-corrected chi connectivity index (χ3v) is 3.66. The van der Waals surface area contributed by atoms with Crippen molar-refractivity contribution in [3.63, 3.8) is 0 Å². The summed E-state index contributed by atoms with van der Waals surface area (Å²) < 4.78 is 10.5. The van der Waals surface area contributed by atoms with E-state index in [0.29, 0.717) is 13.2 Å². The number of hydrogen-bond acceptors (Lipinski definition) is 4. The Morgan fingerprint density at radius 3 is 2.52 bits per heavy atom. The van der Waals surface area contributed by atoms with E-state index in [-0.39, 0.29) is 30.8 Å². The van der Waals surface area contributed by atoms with Crippen molar-refractivity contribution in [2.24, 2.45) is 5.73 Å². The third kappa shape index (κ3) is 6.74. The number of methoxy groups -OCH3 is 1. The molecule has 0 fully saturated rings. The van der Waals surface area contributed by atoms with Gasteiger partial charge in [-0.25, -0.2) is 0 Å². The highest BCUT2D eigenvalue weighted by Gasteiger charge is 2.12. The Morgan fingerprint density at radius 2 is 1.88 bits per heavy atom. The van der Waals surface area contributed by atoms with Gasteiger partial charge in [0.05, 0.1) is 6.61 Å². The predicted molar refractivity (Wildman–Crippen MR) is 102 cm³/mol. The first-order valence-corrected chi connectivity index (χ1v) is 7.93. The van der Waals surface area contributed by atoms with Crippen molar-refractivity contribution < 1.29 is 14.3 Å². The molecule has 0 radical (unpaired) electrons. The maximum absolute atomic E-state index is 12.2. The highest BCUT2D eigenvalue weighted by atomic mass is 35.5. The van der Waals surface area contributed by atoms with Gasteiger partial charge in [-0.15, -0.1) is 12.4 Å². The lowest BCUT2D eigenvalue weighted by molar-refractivity contribution is -0.116. The van der Waals surface area contributed by atoms with Crippen LogP contribution in [0.2, 0.25) is 0 Å². The second-order valence-corrected chi connectivity index (χ2v) is 5.59. The van der Waals surface area contributed by atoms with Gasteiger partial charge in [-0.05, 0) is 36.2 Å². The smallest absolute Gasteiger partial charge is 0.226 e. The number of anilines is 1. The minimum atomic E-state index is -0.317. The highest BCUT2D eigenvalue weighted by Crippen LogP contribution is 2.22. The fourth-order valence-corrected chi connectivity index (χ4v) is 2.33. The van der Waals surface area contributed by atoms with Gasteiger partial charge in [0.15, 0.2) is 0 Å². The molecule has 0 aliphatic heterocycles. The topological polar surface area (TPSA) is 73.6 Å². The molecule has 0 heterocycles. The van der Waals surface area contributed by atoms with Crippen molar-refractivity contribution in [1.29, 1.82) is 0 Å². The largest absolute Gasteiger partial charge is 0.491 e. The molecule has 3 N–H and O–H groups in total. The van der Waals surface area contributed by atoms with Crippen LogP contribution in [0.5, 0.6) is 5.75 Å². The van der Waals surface area contributed by atoms with Gasteiger partial charge in [-0.3, -0.25) is 4.79 Å². The maximum Gasteiger partial charge on any atom is 0.226 e. The Balaban J connectivity index is 0.00000312. The number of benzene rings is 2. The highest BCUT2D eigenvalue weighted by molar-refractivity contribution is 5.92. The molecule has 5 nitrogen and oxygen atoms in total. The van der Waals surface area contributed by atoms with Crippen LogP contribution in [0, 0.1) is 6.92 Å². The first-order chi connectivity index (χ1) is 11.6. The van der Waals surface area contributed by atoms with E-state index in [4.69, 9.17) is 15.2 Å². The average molecular weight is 365 g/mol. The second kappa shape index (κ2) is 10.7. The lowest BCUT2D eigenvalue weighted by Gasteiger charge is -2.14. The summed E-state index contributed by atoms with van der Waals surface area (Å²) in [6.07, 6.45) is 0.232. The molecule has 6 heteroatoms. The van der Waals surface area contributed by atoms with E-state index in [9.17, 15) is 4.79 Å². The summed E-state index contributed by atoms with van der Waals surface area (Å²) in [6.45, 7) is 2.96. The molecule has 0 aliphatic rings. The van der Waals surface area contributed by atoms with Gasteiger partial charge in [0, 0.05) is 25.3 Å². The number of amides is 1. The van der Waals surface area contributed by atoms with Gasteiger partial charge in [-0.2, -0.15) is 0 Å². The number of rotatable bonds is 8. The summed E-state index contributed by atoms with van der Waals surface area (Å²) in [7, 11) is 1.63. The summed E-state index contributed by atoms with van der Waals surface area (Å²) in [5.41, 5.74) is 8.74. The van der Waals surface area contributed by atoms with Crippen LogP contribution in [0.15, 0.2) is 48.5 Å². The molecular weight excluding hydrogens is 340 g/mol. The number of hydrogen-bond donors (Lipinski definition) is 2. The molecular formula is C19H25ClN2O3. The molecule has 0 aliphatic carbocycles. The standard InChI is InChI=1S/C19H24N2O3.ClH/c1-14-12-16(24-11-10-23-2)8-9-18(14)21-19(22)13-17(20)15-6-4-3-5-7-15;/h3-9,12,17H,10-11,13,20H2,1-2H3,(H,21,22);1H. The van der Waals surface area contributed by atoms with Crippen LogP contribution in [0.3, 0.4) is 0 Å². The maximum atomic E-state index is 12.2. The van der Waals surface area contributed by atoms with Crippen molar-refractivity contribution in [3.05, 3.63) is 59.7 Å². The van der Waals surface area contributed by atoms with Gasteiger partial charge >= 0.3 is 0 Å². The van der Waals surface area contributed by atoms with Crippen LogP contribution in [-0.4, -0.2) is 26.2 Å². The minimum absolute atomic E-state index is 0. The van der Waals surface area contributed by atoms with Crippen LogP contribution >= 0.6 is 12.4 Å². The number of carbonyl (C=O) groups excluding carboxylic acids is 1. The number of ether oxygens (including phenoxy) is 2. The molecule has 136 valence electrons. The normalized spacial score (nSPS) is 11.3. The predicted octanol–water partition coefficient (Wildman–Crippen LogP) is 3.47. The van der Waals surface area contributed by atoms with Gasteiger partial charge in [0.1, 0.15) is 12.4 Å². The number of aryl methyl sites for hydroxylation is 1. The van der Waals surface area contributed by atoms with Crippen molar-refractivity contribution in [2.75, 3.05) is 25.6 Å². The minimum Gasteiger partial charge on any atom is -0.491 e. The van der Waals surface area contributed by atoms with Crippen LogP contribution in [0.1, 0.15) is 23.6 Å². The van der Waals surface area contributed by atoms with Crippen molar-refractivity contribution in [3.8, 4) is 5.75 Å². The zero-order valence-electron chi connectivity index (χ0n) is 14.5. The lowest BCUT2D eigenvalue weighted by Crippen LogP contribution is -2.20. The zero-order valence-corrected chi connectivity index (χ0v) is 15.3. The van der Waals surface area contributed by atoms with E-state index < -0.39 is 0 Å². The summed E-state index contributed by atoms with van der Waals surface area (Å²) in [5, 5.41) is 2.91. The quantitative estimate of drug-likeness (QED) is 0.703. The fraction of sp³-hybridized carbons (Fsp3) is 0.316. The van der Waals surface area contributed by atoms with Crippen molar-refractivity contribution in [1.82, 2.24) is 0 Å². The number of carbonyl (C=O) groups is 1. The first-order valence-electron chi connectivity index (χ1n) is 7.93. The molecule has 1 unspecified atom stereocenters. The molecule has 25 heavy (non-hydrogen) atoms. The fourth-order valence-electron chi connectivity index (χ4n) is 2.33. The van der Waals surface area contributed by atoms with Crippen LogP contribution in [0.25, 0.3) is 0 Å². The van der Waals surface area contributed by atoms with Gasteiger partial charge < -0.3 is 20.5 Å². The van der Waals surface area contributed by atoms with Gasteiger partial charge in [0.25, 0.3) is 0 Å². The van der Waals surface area contributed by atoms with Crippen LogP contribution < -0.4 is 15.8 Å². The SMILES string of the molecule is COCCOc1ccc(NC(=O)CC(N)c2ccccc2)c(C)c1.Cl. The molecule has 0 saturated heterocycles. The summed E-state index contributed by atoms with van der Waals surface area (Å²) >= 11 is 0. The number of nitrogens with two attached hydrogens (primary N) is 1. The molecule has 1 atom stereocenters. The van der Waals surface area contributed by atoms with E-state index in [0.717, 1.165) is 22.6 Å². The molecule has 2 aromatic carbocycles. The monoisotopic (exact) mass is 364 g/mol. The molecule has 2 aromatic rings. The van der Waals surface area contributed by atoms with Gasteiger partial charge in [0.2, 0.25) is 5.91 Å². The zero-order chi connectivity index (χ0) is 17.4. The first kappa shape index (κ1) is 21.0. The Kier molecular flexibility index (Phi) is 8.99. The van der Waals surface area contributed by atoms with Crippen LogP contribution in [-0.2, 0) is 9.53 Å². The summed E-state index contributed by atoms with van der Waals surface area (Å²) in [6, 6.07) is 14.9. The Hall–Kier alpha value is -2.08. The molecule has 0 saturated carbocycles. The van der Waals surface area contributed by atoms with Crippen molar-refractivity contribution in [2.45, 2.75) is 19.4 Å². The van der Waals surface area contributed by atoms with E-state index in [1.165, 1.54) is 0 Å². The van der Waals surface area contributed by atoms with E-state index in [1.807, 2.05) is 55.5 Å². The number of nitrogens with one attached hydrogen (secondary N) is 1. The summed E-state index contributed by atoms with van der Waals surface area (Å²) in [4.78, 5) is 12.2. The lowest BCUT2D eigenvalue weighted by atomic mass is 10.0. The second-order valence-electron chi connectivity index (χ2n) is 5.59. The van der Waals surface area contributed by atoms with E-state index in [1.54, 1.807) is 7.11 Å². The van der Waals surface area contributed by atoms with E-state index >= 15 is 0 Å². The molecule has 0 aromatic heterocycles. The Morgan fingerprint density at radius 1 is 1.16 bits per heavy atom.